The highest BCUT2D eigenvalue weighted by atomic mass is 16.6. The number of aromatic hydroxyl groups is 1. The standard InChI is InChI=1S/C14H28N4O3.C10H20N2O2.C10H11N.C7H7NO3.C4H10.C3H6N2O2.C3H6/c1-9(2)6-11(18(5)13(20)7-15)14(21)16-8-12(19)17-10(3)4;1-8(2)5-9(3)11-10(14)6-12(4)7-13;1-8-7-11(2)10-6-4-3-5-9(8)10;1-5-2-3-7(9)6(4-5)8(10)11;1-4(2)3;4-3(7)1-5-2-6;1-3-2/h9-11H,6-8,15H2,1-5H3,(H,16,21)(H,17,19);7-9H,5-6H2,1-4H3,(H,11,14);3-7H,1-2H3;2-4,9H,1H3;4H,1-3H3;2H,1H2,(H2,4,7)(H,5,6);3H,1H2,2H3. The number of aromatic nitrogens is 1. The highest BCUT2D eigenvalue weighted by Gasteiger charge is 2.27. The summed E-state index contributed by atoms with van der Waals surface area (Å²) in [6.45, 7) is 29.2. The number of phenolic OH excluding ortho intramolecular Hbond substituents is 1. The third kappa shape index (κ3) is 38.7. The molecule has 1 heterocycles. The van der Waals surface area contributed by atoms with E-state index in [0.717, 1.165) is 17.9 Å². The van der Waals surface area contributed by atoms with Crippen molar-refractivity contribution < 1.29 is 43.6 Å². The van der Waals surface area contributed by atoms with E-state index in [4.69, 9.17) is 10.8 Å². The van der Waals surface area contributed by atoms with Gasteiger partial charge in [0.25, 0.3) is 0 Å². The molecule has 20 nitrogen and oxygen atoms in total. The quantitative estimate of drug-likeness (QED) is 0.0374. The molecule has 2 unspecified atom stereocenters. The molecule has 0 aliphatic heterocycles. The number of fused-ring (bicyclic) bond motifs is 1. The zero-order valence-electron chi connectivity index (χ0n) is 45.3. The van der Waals surface area contributed by atoms with E-state index >= 15 is 0 Å². The number of nitro groups is 1. The predicted molar refractivity (Wildman–Crippen MR) is 284 cm³/mol. The molecule has 20 heteroatoms. The molecule has 0 radical (unpaired) electrons. The smallest absolute Gasteiger partial charge is 0.310 e. The van der Waals surface area contributed by atoms with Gasteiger partial charge in [0, 0.05) is 56.4 Å². The number of nitrogens with zero attached hydrogens (tertiary/aromatic N) is 4. The van der Waals surface area contributed by atoms with Crippen LogP contribution in [0.15, 0.2) is 61.3 Å². The van der Waals surface area contributed by atoms with Gasteiger partial charge in [-0.15, -0.1) is 6.58 Å². The van der Waals surface area contributed by atoms with Crippen LogP contribution >= 0.6 is 0 Å². The van der Waals surface area contributed by atoms with Crippen molar-refractivity contribution in [3.8, 4) is 5.75 Å². The second kappa shape index (κ2) is 41.0. The lowest BCUT2D eigenvalue weighted by Gasteiger charge is -2.28. The Morgan fingerprint density at radius 3 is 1.82 bits per heavy atom. The number of amides is 7. The maximum absolute atomic E-state index is 12.2. The molecular weight excluding hydrogens is 913 g/mol. The summed E-state index contributed by atoms with van der Waals surface area (Å²) in [4.78, 5) is 88.4. The van der Waals surface area contributed by atoms with Crippen molar-refractivity contribution in [2.24, 2.45) is 36.3 Å². The van der Waals surface area contributed by atoms with Gasteiger partial charge in [-0.3, -0.25) is 43.7 Å². The molecule has 2 aromatic carbocycles. The highest BCUT2D eigenvalue weighted by Crippen LogP contribution is 2.25. The van der Waals surface area contributed by atoms with Crippen LogP contribution in [0.1, 0.15) is 100 Å². The van der Waals surface area contributed by atoms with Crippen LogP contribution < -0.4 is 32.7 Å². The lowest BCUT2D eigenvalue weighted by Crippen LogP contribution is -2.51. The lowest BCUT2D eigenvalue weighted by atomic mass is 10.0. The third-order valence-electron chi connectivity index (χ3n) is 8.49. The fourth-order valence-electron chi connectivity index (χ4n) is 5.68. The molecular formula is C51H88N10O10. The number of carbonyl (C=O) groups is 7. The summed E-state index contributed by atoms with van der Waals surface area (Å²) in [7, 11) is 5.21. The number of primary amides is 1. The number of aryl methyl sites for hydroxylation is 3. The molecule has 7 amide bonds. The Morgan fingerprint density at radius 2 is 1.41 bits per heavy atom. The molecule has 0 aliphatic carbocycles. The number of benzene rings is 2. The Morgan fingerprint density at radius 1 is 0.873 bits per heavy atom. The lowest BCUT2D eigenvalue weighted by molar-refractivity contribution is -0.385. The van der Waals surface area contributed by atoms with Crippen molar-refractivity contribution in [3.63, 3.8) is 0 Å². The Kier molecular flexibility index (Phi) is 40.8. The molecule has 0 bridgehead atoms. The zero-order chi connectivity index (χ0) is 56.0. The van der Waals surface area contributed by atoms with Crippen molar-refractivity contribution in [1.82, 2.24) is 35.6 Å². The van der Waals surface area contributed by atoms with E-state index in [1.165, 1.54) is 38.4 Å². The van der Waals surface area contributed by atoms with Gasteiger partial charge >= 0.3 is 5.69 Å². The van der Waals surface area contributed by atoms with Gasteiger partial charge in [-0.1, -0.05) is 78.8 Å². The second-order valence-corrected chi connectivity index (χ2v) is 18.2. The minimum absolute atomic E-state index is 0.0161. The summed E-state index contributed by atoms with van der Waals surface area (Å²) in [5.74, 6) is -0.198. The van der Waals surface area contributed by atoms with Crippen LogP contribution in [0.2, 0.25) is 0 Å². The van der Waals surface area contributed by atoms with Crippen molar-refractivity contribution in [2.75, 3.05) is 40.3 Å². The van der Waals surface area contributed by atoms with E-state index in [0.29, 0.717) is 25.2 Å². The molecule has 0 saturated carbocycles. The summed E-state index contributed by atoms with van der Waals surface area (Å²) >= 11 is 0. The molecule has 3 aromatic rings. The topological polar surface area (TPSA) is 294 Å². The largest absolute Gasteiger partial charge is 0.502 e. The monoisotopic (exact) mass is 1000 g/mol. The first-order chi connectivity index (χ1) is 32.9. The number of rotatable bonds is 18. The molecule has 0 aliphatic rings. The van der Waals surface area contributed by atoms with E-state index in [1.54, 1.807) is 33.2 Å². The maximum atomic E-state index is 12.2. The van der Waals surface area contributed by atoms with Gasteiger partial charge < -0.3 is 52.2 Å². The van der Waals surface area contributed by atoms with Crippen molar-refractivity contribution in [1.29, 1.82) is 0 Å². The van der Waals surface area contributed by atoms with Gasteiger partial charge in [-0.2, -0.15) is 0 Å². The van der Waals surface area contributed by atoms with Gasteiger partial charge in [0.15, 0.2) is 5.75 Å². The Balaban J connectivity index is -0.000000395. The van der Waals surface area contributed by atoms with Crippen LogP contribution in [0, 0.1) is 41.7 Å². The second-order valence-electron chi connectivity index (χ2n) is 18.2. The molecule has 71 heavy (non-hydrogen) atoms. The number of hydrogen-bond donors (Lipinski definition) is 7. The molecule has 1 aromatic heterocycles. The van der Waals surface area contributed by atoms with Gasteiger partial charge in [0.05, 0.1) is 31.1 Å². The minimum atomic E-state index is -0.618. The summed E-state index contributed by atoms with van der Waals surface area (Å²) in [6, 6.07) is 12.3. The van der Waals surface area contributed by atoms with E-state index in [-0.39, 0.29) is 79.2 Å². The number of nitrogens with two attached hydrogens (primary N) is 2. The van der Waals surface area contributed by atoms with Crippen LogP contribution in [0.3, 0.4) is 0 Å². The Hall–Kier alpha value is -6.83. The summed E-state index contributed by atoms with van der Waals surface area (Å²) in [6.07, 6.45) is 6.44. The van der Waals surface area contributed by atoms with Crippen molar-refractivity contribution >= 4 is 58.9 Å². The Labute approximate surface area is 422 Å². The van der Waals surface area contributed by atoms with Gasteiger partial charge in [0.1, 0.15) is 6.04 Å². The fraction of sp³-hybridized carbons (Fsp3) is 0.549. The Bertz CT molecular complexity index is 2000. The molecule has 9 N–H and O–H groups in total. The third-order valence-corrected chi connectivity index (χ3v) is 8.49. The normalized spacial score (nSPS) is 10.6. The first-order valence-electron chi connectivity index (χ1n) is 23.4. The summed E-state index contributed by atoms with van der Waals surface area (Å²) < 4.78 is 2.16. The minimum Gasteiger partial charge on any atom is -0.502 e. The van der Waals surface area contributed by atoms with Crippen molar-refractivity contribution in [2.45, 2.75) is 121 Å². The fourth-order valence-corrected chi connectivity index (χ4v) is 5.68. The van der Waals surface area contributed by atoms with Gasteiger partial charge in [-0.05, 0) is 95.4 Å². The van der Waals surface area contributed by atoms with Crippen LogP contribution in [0.4, 0.5) is 5.69 Å². The number of likely N-dealkylation sites (N-methyl/N-ethyl adjacent to an activating group) is 2. The van der Waals surface area contributed by atoms with Crippen molar-refractivity contribution in [3.05, 3.63) is 82.6 Å². The molecule has 3 rings (SSSR count). The molecule has 0 spiro atoms. The number of allylic oxidation sites excluding steroid dienone is 1. The average molecular weight is 1000 g/mol. The van der Waals surface area contributed by atoms with E-state index < -0.39 is 16.9 Å². The number of carbonyl (C=O) groups excluding carboxylic acids is 7. The number of nitrogens with one attached hydrogen (secondary N) is 4. The van der Waals surface area contributed by atoms with Crippen LogP contribution in [0.5, 0.6) is 5.75 Å². The summed E-state index contributed by atoms with van der Waals surface area (Å²) in [5.41, 5.74) is 13.1. The number of phenols is 1. The SMILES string of the molecule is C=CC.CC(C)C.CC(C)CC(C(=O)NCC(=O)NC(C)C)N(C)C(=O)CN.CC(C)CC(C)NC(=O)CN(C)C=O.Cc1ccc(O)c([N+](=O)[O-])c1.Cc1cn(C)c2ccccc12.NC(=O)CNC=O. The van der Waals surface area contributed by atoms with Crippen LogP contribution in [0.25, 0.3) is 10.9 Å². The highest BCUT2D eigenvalue weighted by molar-refractivity contribution is 5.91. The summed E-state index contributed by atoms with van der Waals surface area (Å²) in [5, 5.41) is 30.7. The zero-order valence-corrected chi connectivity index (χ0v) is 45.3. The average Bonchev–Trinajstić information content (AvgIpc) is 3.56. The van der Waals surface area contributed by atoms with Gasteiger partial charge in [0.2, 0.25) is 42.4 Å². The predicted octanol–water partition coefficient (Wildman–Crippen LogP) is 5.25. The van der Waals surface area contributed by atoms with E-state index in [2.05, 4.69) is 117 Å². The molecule has 402 valence electrons. The van der Waals surface area contributed by atoms with Crippen LogP contribution in [-0.4, -0.2) is 125 Å². The first kappa shape index (κ1) is 70.7. The molecule has 0 saturated heterocycles. The number of nitro benzene ring substituents is 1. The maximum Gasteiger partial charge on any atom is 0.310 e. The van der Waals surface area contributed by atoms with Crippen LogP contribution in [-0.2, 0) is 40.6 Å². The van der Waals surface area contributed by atoms with E-state index in [1.807, 2.05) is 41.5 Å². The number of para-hydroxylation sites is 1. The number of hydrogen-bond acceptors (Lipinski definition) is 11. The molecule has 2 atom stereocenters. The molecule has 0 fully saturated rings. The first-order valence-corrected chi connectivity index (χ1v) is 23.4. The van der Waals surface area contributed by atoms with Gasteiger partial charge in [-0.25, -0.2) is 0 Å². The van der Waals surface area contributed by atoms with E-state index in [9.17, 15) is 43.7 Å².